The number of nitrogens with zero attached hydrogens (tertiary/aromatic N) is 3. The molecule has 0 aliphatic carbocycles. The molecule has 0 saturated carbocycles. The predicted octanol–water partition coefficient (Wildman–Crippen LogP) is 7.70. The fourth-order valence-electron chi connectivity index (χ4n) is 3.61. The smallest absolute Gasteiger partial charge is 0.234 e. The maximum atomic E-state index is 6.62. The van der Waals surface area contributed by atoms with Crippen LogP contribution in [0.1, 0.15) is 0 Å². The monoisotopic (exact) mass is 479 g/mol. The van der Waals surface area contributed by atoms with Crippen LogP contribution in [0, 0.1) is 0 Å². The highest BCUT2D eigenvalue weighted by Gasteiger charge is 2.19. The van der Waals surface area contributed by atoms with Crippen LogP contribution in [0.25, 0.3) is 39.4 Å². The lowest BCUT2D eigenvalue weighted by atomic mass is 10.0. The lowest BCUT2D eigenvalue weighted by Gasteiger charge is -2.10. The lowest BCUT2D eigenvalue weighted by Crippen LogP contribution is -1.94. The molecule has 0 saturated heterocycles. The van der Waals surface area contributed by atoms with Gasteiger partial charge in [-0.1, -0.05) is 59.1 Å². The van der Waals surface area contributed by atoms with E-state index >= 15 is 0 Å². The summed E-state index contributed by atoms with van der Waals surface area (Å²) >= 11 is 18.9. The molecular formula is C25H16Cl3N3O. The molecule has 0 bridgehead atoms. The van der Waals surface area contributed by atoms with Gasteiger partial charge in [0, 0.05) is 39.1 Å². The lowest BCUT2D eigenvalue weighted by molar-refractivity contribution is 0.415. The average molecular weight is 481 g/mol. The Labute approximate surface area is 200 Å². The minimum absolute atomic E-state index is 0.532. The van der Waals surface area contributed by atoms with Gasteiger partial charge in [-0.15, -0.1) is 0 Å². The number of aromatic nitrogens is 3. The van der Waals surface area contributed by atoms with E-state index in [9.17, 15) is 0 Å². The number of fused-ring (bicyclic) bond motifs is 1. The first-order chi connectivity index (χ1) is 15.5. The first-order valence-electron chi connectivity index (χ1n) is 9.77. The zero-order valence-electron chi connectivity index (χ0n) is 16.9. The minimum atomic E-state index is 0.532. The second-order valence-corrected chi connectivity index (χ2v) is 8.46. The van der Waals surface area contributed by atoms with Gasteiger partial charge in [-0.05, 0) is 48.0 Å². The molecule has 5 rings (SSSR count). The summed E-state index contributed by atoms with van der Waals surface area (Å²) in [5.41, 5.74) is 5.24. The van der Waals surface area contributed by atoms with Crippen molar-refractivity contribution in [2.45, 2.75) is 0 Å². The SMILES string of the molecule is COc1ccc(-c2cnc3nc(-c4ccc(Cl)cc4)c(-c4ccc(Cl)cc4Cl)n3c2)cc1. The molecule has 0 N–H and O–H groups in total. The highest BCUT2D eigenvalue weighted by atomic mass is 35.5. The van der Waals surface area contributed by atoms with E-state index in [-0.39, 0.29) is 0 Å². The Kier molecular flexibility index (Phi) is 5.51. The van der Waals surface area contributed by atoms with Gasteiger partial charge in [0.15, 0.2) is 0 Å². The molecule has 3 aromatic carbocycles. The third-order valence-corrected chi connectivity index (χ3v) is 6.01. The number of hydrogen-bond donors (Lipinski definition) is 0. The highest BCUT2D eigenvalue weighted by molar-refractivity contribution is 6.36. The summed E-state index contributed by atoms with van der Waals surface area (Å²) in [5.74, 6) is 1.36. The van der Waals surface area contributed by atoms with E-state index in [2.05, 4.69) is 4.98 Å². The van der Waals surface area contributed by atoms with Crippen LogP contribution < -0.4 is 4.74 Å². The van der Waals surface area contributed by atoms with E-state index in [0.29, 0.717) is 20.8 Å². The Morgan fingerprint density at radius 2 is 1.47 bits per heavy atom. The van der Waals surface area contributed by atoms with Crippen molar-refractivity contribution in [2.75, 3.05) is 7.11 Å². The van der Waals surface area contributed by atoms with E-state index in [1.54, 1.807) is 13.2 Å². The second kappa shape index (κ2) is 8.47. The van der Waals surface area contributed by atoms with Crippen LogP contribution in [0.2, 0.25) is 15.1 Å². The standard InChI is InChI=1S/C25H16Cl3N3O/c1-32-20-9-4-15(5-10-20)17-13-29-25-30-23(16-2-6-18(26)7-3-16)24(31(25)14-17)21-11-8-19(27)12-22(21)28/h2-14H,1H3. The van der Waals surface area contributed by atoms with Gasteiger partial charge in [0.1, 0.15) is 5.75 Å². The number of hydrogen-bond acceptors (Lipinski definition) is 3. The van der Waals surface area contributed by atoms with Gasteiger partial charge >= 0.3 is 0 Å². The summed E-state index contributed by atoms with van der Waals surface area (Å²) in [4.78, 5) is 9.43. The largest absolute Gasteiger partial charge is 0.497 e. The number of halogens is 3. The molecule has 4 nitrogen and oxygen atoms in total. The Balaban J connectivity index is 1.76. The molecule has 0 radical (unpaired) electrons. The van der Waals surface area contributed by atoms with Crippen molar-refractivity contribution in [1.29, 1.82) is 0 Å². The topological polar surface area (TPSA) is 39.4 Å². The van der Waals surface area contributed by atoms with Crippen LogP contribution in [0.3, 0.4) is 0 Å². The zero-order valence-corrected chi connectivity index (χ0v) is 19.2. The summed E-state index contributed by atoms with van der Waals surface area (Å²) < 4.78 is 7.23. The molecule has 158 valence electrons. The Hall–Kier alpha value is -3.05. The van der Waals surface area contributed by atoms with Crippen molar-refractivity contribution >= 4 is 40.6 Å². The zero-order chi connectivity index (χ0) is 22.2. The first kappa shape index (κ1) is 20.8. The van der Waals surface area contributed by atoms with Crippen LogP contribution in [0.4, 0.5) is 0 Å². The summed E-state index contributed by atoms with van der Waals surface area (Å²) in [6.07, 6.45) is 3.82. The molecule has 0 amide bonds. The van der Waals surface area contributed by atoms with Crippen molar-refractivity contribution in [3.8, 4) is 39.4 Å². The molecule has 0 spiro atoms. The molecule has 0 fully saturated rings. The second-order valence-electron chi connectivity index (χ2n) is 7.18. The number of ether oxygens (including phenoxy) is 1. The normalized spacial score (nSPS) is 11.1. The van der Waals surface area contributed by atoms with Crippen LogP contribution >= 0.6 is 34.8 Å². The van der Waals surface area contributed by atoms with Crippen molar-refractivity contribution < 1.29 is 4.74 Å². The van der Waals surface area contributed by atoms with E-state index in [1.165, 1.54) is 0 Å². The van der Waals surface area contributed by atoms with Crippen molar-refractivity contribution in [2.24, 2.45) is 0 Å². The van der Waals surface area contributed by atoms with Crippen molar-refractivity contribution in [1.82, 2.24) is 14.4 Å². The molecule has 0 aliphatic rings. The van der Waals surface area contributed by atoms with Gasteiger partial charge in [0.25, 0.3) is 0 Å². The Bertz CT molecular complexity index is 1430. The molecule has 2 heterocycles. The average Bonchev–Trinajstić information content (AvgIpc) is 3.18. The molecular weight excluding hydrogens is 465 g/mol. The van der Waals surface area contributed by atoms with E-state index in [0.717, 1.165) is 39.4 Å². The summed E-state index contributed by atoms with van der Waals surface area (Å²) in [6, 6.07) is 20.8. The van der Waals surface area contributed by atoms with E-state index in [4.69, 9.17) is 44.5 Å². The fourth-order valence-corrected chi connectivity index (χ4v) is 4.24. The molecule has 0 aliphatic heterocycles. The molecule has 0 unspecified atom stereocenters. The van der Waals surface area contributed by atoms with Crippen LogP contribution in [0.15, 0.2) is 79.1 Å². The molecule has 0 atom stereocenters. The number of methoxy groups -OCH3 is 1. The van der Waals surface area contributed by atoms with Crippen LogP contribution in [-0.4, -0.2) is 21.5 Å². The van der Waals surface area contributed by atoms with Crippen molar-refractivity contribution in [3.63, 3.8) is 0 Å². The highest BCUT2D eigenvalue weighted by Crippen LogP contribution is 2.38. The van der Waals surface area contributed by atoms with Crippen molar-refractivity contribution in [3.05, 3.63) is 94.2 Å². The summed E-state index contributed by atoms with van der Waals surface area (Å²) in [5, 5.41) is 1.76. The van der Waals surface area contributed by atoms with Gasteiger partial charge in [0.05, 0.1) is 23.5 Å². The summed E-state index contributed by atoms with van der Waals surface area (Å²) in [6.45, 7) is 0. The quantitative estimate of drug-likeness (QED) is 0.264. The van der Waals surface area contributed by atoms with E-state index < -0.39 is 0 Å². The molecule has 2 aromatic heterocycles. The summed E-state index contributed by atoms with van der Waals surface area (Å²) in [7, 11) is 1.65. The minimum Gasteiger partial charge on any atom is -0.497 e. The van der Waals surface area contributed by atoms with Gasteiger partial charge in [-0.25, -0.2) is 9.97 Å². The maximum absolute atomic E-state index is 6.62. The predicted molar refractivity (Wildman–Crippen MR) is 131 cm³/mol. The Morgan fingerprint density at radius 3 is 2.16 bits per heavy atom. The molecule has 5 aromatic rings. The van der Waals surface area contributed by atoms with E-state index in [1.807, 2.05) is 77.5 Å². The number of rotatable bonds is 4. The Morgan fingerprint density at radius 1 is 0.781 bits per heavy atom. The fraction of sp³-hybridized carbons (Fsp3) is 0.0400. The van der Waals surface area contributed by atoms with Crippen LogP contribution in [-0.2, 0) is 0 Å². The van der Waals surface area contributed by atoms with Crippen LogP contribution in [0.5, 0.6) is 5.75 Å². The molecule has 32 heavy (non-hydrogen) atoms. The van der Waals surface area contributed by atoms with Gasteiger partial charge in [-0.3, -0.25) is 4.40 Å². The van der Waals surface area contributed by atoms with Gasteiger partial charge in [-0.2, -0.15) is 0 Å². The van der Waals surface area contributed by atoms with Gasteiger partial charge in [0.2, 0.25) is 5.78 Å². The maximum Gasteiger partial charge on any atom is 0.234 e. The first-order valence-corrected chi connectivity index (χ1v) is 10.9. The molecule has 7 heteroatoms. The third-order valence-electron chi connectivity index (χ3n) is 5.21. The number of benzene rings is 3. The third kappa shape index (κ3) is 3.82. The van der Waals surface area contributed by atoms with Gasteiger partial charge < -0.3 is 4.74 Å². The number of imidazole rings is 1.